The second-order valence-electron chi connectivity index (χ2n) is 15.8. The van der Waals surface area contributed by atoms with Crippen LogP contribution in [0.4, 0.5) is 4.79 Å². The van der Waals surface area contributed by atoms with Crippen molar-refractivity contribution in [2.75, 3.05) is 33.5 Å². The molecule has 0 radical (unpaired) electrons. The van der Waals surface area contributed by atoms with Gasteiger partial charge in [-0.1, -0.05) is 72.6 Å². The summed E-state index contributed by atoms with van der Waals surface area (Å²) in [6.45, 7) is 7.84. The minimum absolute atomic E-state index is 0.0533. The number of hydrogen-bond acceptors (Lipinski definition) is 20. The number of amides is 1. The van der Waals surface area contributed by atoms with Crippen molar-refractivity contribution >= 4 is 84.8 Å². The molecule has 1 aromatic carbocycles. The Morgan fingerprint density at radius 2 is 1.53 bits per heavy atom. The van der Waals surface area contributed by atoms with Crippen molar-refractivity contribution in [1.82, 2.24) is 5.32 Å². The first-order valence-electron chi connectivity index (χ1n) is 19.7. The lowest BCUT2D eigenvalue weighted by molar-refractivity contribution is -0.370. The monoisotopic (exact) mass is 989 g/mol. The molecule has 0 bridgehead atoms. The van der Waals surface area contributed by atoms with Crippen molar-refractivity contribution in [2.24, 2.45) is 0 Å². The highest BCUT2D eigenvalue weighted by Gasteiger charge is 2.62. The first kappa shape index (κ1) is 54.5. The Kier molecular flexibility index (Phi) is 20.5. The van der Waals surface area contributed by atoms with Gasteiger partial charge in [-0.25, -0.2) is 14.4 Å². The van der Waals surface area contributed by atoms with Crippen LogP contribution in [0.3, 0.4) is 0 Å². The van der Waals surface area contributed by atoms with E-state index in [0.29, 0.717) is 6.04 Å². The van der Waals surface area contributed by atoms with Crippen molar-refractivity contribution < 1.29 is 95.9 Å². The van der Waals surface area contributed by atoms with Crippen molar-refractivity contribution in [3.05, 3.63) is 35.9 Å². The van der Waals surface area contributed by atoms with E-state index in [1.54, 1.807) is 18.2 Å². The molecule has 0 aromatic heterocycles. The van der Waals surface area contributed by atoms with Gasteiger partial charge in [-0.05, 0) is 18.2 Å². The van der Waals surface area contributed by atoms with Gasteiger partial charge < -0.3 is 67.6 Å². The Morgan fingerprint density at radius 3 is 2.08 bits per heavy atom. The number of alkyl carbamates (subject to hydrolysis) is 1. The van der Waals surface area contributed by atoms with E-state index in [9.17, 15) is 43.8 Å². The molecule has 64 heavy (non-hydrogen) atoms. The number of aliphatic hydroxyl groups excluding tert-OH is 2. The summed E-state index contributed by atoms with van der Waals surface area (Å²) in [7, 11) is -0.846. The third-order valence-corrected chi connectivity index (χ3v) is 11.3. The zero-order valence-corrected chi connectivity index (χ0v) is 39.5. The summed E-state index contributed by atoms with van der Waals surface area (Å²) in [6.07, 6.45) is -18.9. The molecule has 1 aromatic rings. The standard InChI is InChI=1S/C39H54Cl3NO20Si/c1-20(44)55-18-27(59-22(3)46)31(60-23(4)47)32-28(43-37(52)57-19-39(40,41)42)25(58-21(2)45)16-38(62-32,36(51)53-5)63-33-29(48)26(17-56-34(50)24-12-10-9-11-13-24)61-35(30(33)49)54-14-15-64(6,7)8/h9-13,25-33,35,48-49H,14-19H2,1-8H3,(H,43,52)/t25-,26+,27+,28+,29-,30+,31+,32+,33-,35+,38-/m0/s1. The SMILES string of the molecule is COC(=O)[C@@]1(O[C@H]2[C@@H](O)[C@@H](COC(=O)c3ccccc3)O[C@@H](OCC[Si](C)(C)C)[C@@H]2O)C[C@H](OC(C)=O)[C@@H](NC(=O)OCC(Cl)(Cl)Cl)[C@H]([C@H](OC(C)=O)[C@@H](COC(C)=O)OC(C)=O)O1. The first-order chi connectivity index (χ1) is 29.8. The molecule has 2 saturated heterocycles. The molecule has 3 rings (SSSR count). The second kappa shape index (κ2) is 24.1. The van der Waals surface area contributed by atoms with E-state index in [1.165, 1.54) is 12.1 Å². The van der Waals surface area contributed by atoms with Crippen molar-refractivity contribution in [3.63, 3.8) is 0 Å². The Morgan fingerprint density at radius 1 is 0.891 bits per heavy atom. The molecule has 0 spiro atoms. The number of esters is 6. The zero-order chi connectivity index (χ0) is 48.2. The smallest absolute Gasteiger partial charge is 0.407 e. The summed E-state index contributed by atoms with van der Waals surface area (Å²) in [5.74, 6) is -9.13. The van der Waals surface area contributed by atoms with Crippen molar-refractivity contribution in [3.8, 4) is 0 Å². The molecule has 0 saturated carbocycles. The van der Waals surface area contributed by atoms with Crippen molar-refractivity contribution in [2.45, 2.75) is 131 Å². The van der Waals surface area contributed by atoms with E-state index in [2.05, 4.69) is 25.0 Å². The fourth-order valence-corrected chi connectivity index (χ4v) is 7.34. The van der Waals surface area contributed by atoms with Crippen LogP contribution in [0.1, 0.15) is 44.5 Å². The third-order valence-electron chi connectivity index (χ3n) is 9.27. The van der Waals surface area contributed by atoms with Gasteiger partial charge >= 0.3 is 41.9 Å². The largest absolute Gasteiger partial charge is 0.465 e. The molecule has 2 fully saturated rings. The number of carbonyl (C=O) groups is 7. The normalized spacial score (nSPS) is 26.8. The van der Waals surface area contributed by atoms with E-state index in [1.807, 2.05) is 0 Å². The fourth-order valence-electron chi connectivity index (χ4n) is 6.44. The Balaban J connectivity index is 2.24. The number of methoxy groups -OCH3 is 1. The summed E-state index contributed by atoms with van der Waals surface area (Å²) >= 11 is 17.3. The predicted molar refractivity (Wildman–Crippen MR) is 222 cm³/mol. The molecule has 3 N–H and O–H groups in total. The molecule has 360 valence electrons. The summed E-state index contributed by atoms with van der Waals surface area (Å²) in [6, 6.07) is 6.65. The number of halogens is 3. The average Bonchev–Trinajstić information content (AvgIpc) is 3.19. The molecular formula is C39H54Cl3NO20Si. The van der Waals surface area contributed by atoms with Crippen molar-refractivity contribution in [1.29, 1.82) is 0 Å². The number of benzene rings is 1. The van der Waals surface area contributed by atoms with Crippen LogP contribution < -0.4 is 5.32 Å². The Hall–Kier alpha value is -3.84. The van der Waals surface area contributed by atoms with Gasteiger partial charge in [0.2, 0.25) is 3.79 Å². The van der Waals surface area contributed by atoms with Crippen LogP contribution >= 0.6 is 34.8 Å². The van der Waals surface area contributed by atoms with Crippen LogP contribution in [-0.2, 0) is 76.1 Å². The summed E-state index contributed by atoms with van der Waals surface area (Å²) in [4.78, 5) is 90.4. The van der Waals surface area contributed by atoms with Gasteiger partial charge in [-0.15, -0.1) is 0 Å². The molecular weight excluding hydrogens is 937 g/mol. The van der Waals surface area contributed by atoms with Gasteiger partial charge in [-0.2, -0.15) is 0 Å². The quantitative estimate of drug-likeness (QED) is 0.0777. The molecule has 1 amide bonds. The highest BCUT2D eigenvalue weighted by Crippen LogP contribution is 2.40. The van der Waals surface area contributed by atoms with Gasteiger partial charge in [0.15, 0.2) is 18.5 Å². The molecule has 21 nitrogen and oxygen atoms in total. The second-order valence-corrected chi connectivity index (χ2v) is 24.0. The van der Waals surface area contributed by atoms with E-state index in [4.69, 9.17) is 86.9 Å². The number of alkyl halides is 3. The van der Waals surface area contributed by atoms with E-state index in [0.717, 1.165) is 34.8 Å². The van der Waals surface area contributed by atoms with Gasteiger partial charge in [0.1, 0.15) is 56.4 Å². The van der Waals surface area contributed by atoms with Crippen LogP contribution in [0.2, 0.25) is 25.7 Å². The fraction of sp³-hybridized carbons (Fsp3) is 0.667. The number of carbonyl (C=O) groups excluding carboxylic acids is 7. The molecule has 2 aliphatic rings. The molecule has 2 aliphatic heterocycles. The maximum Gasteiger partial charge on any atom is 0.407 e. The van der Waals surface area contributed by atoms with Crippen LogP contribution in [-0.4, -0.2) is 164 Å². The Bertz CT molecular complexity index is 1780. The maximum atomic E-state index is 14.2. The number of hydrogen-bond donors (Lipinski definition) is 3. The van der Waals surface area contributed by atoms with E-state index >= 15 is 0 Å². The van der Waals surface area contributed by atoms with Gasteiger partial charge in [0, 0.05) is 42.4 Å². The molecule has 11 atom stereocenters. The highest BCUT2D eigenvalue weighted by atomic mass is 35.6. The molecule has 2 heterocycles. The van der Waals surface area contributed by atoms with E-state index < -0.39 is 147 Å². The van der Waals surface area contributed by atoms with Gasteiger partial charge in [-0.3, -0.25) is 19.2 Å². The minimum Gasteiger partial charge on any atom is -0.465 e. The molecule has 0 unspecified atom stereocenters. The van der Waals surface area contributed by atoms with Gasteiger partial charge in [0.05, 0.1) is 25.1 Å². The number of rotatable bonds is 19. The topological polar surface area (TPSA) is 274 Å². The highest BCUT2D eigenvalue weighted by molar-refractivity contribution is 6.76. The van der Waals surface area contributed by atoms with Crippen LogP contribution in [0, 0.1) is 0 Å². The minimum atomic E-state index is -2.93. The average molecular weight is 991 g/mol. The van der Waals surface area contributed by atoms with Crippen LogP contribution in [0.15, 0.2) is 30.3 Å². The predicted octanol–water partition coefficient (Wildman–Crippen LogP) is 2.51. The summed E-state index contributed by atoms with van der Waals surface area (Å²) < 4.78 is 59.7. The number of ether oxygens (including phenoxy) is 11. The van der Waals surface area contributed by atoms with E-state index in [-0.39, 0.29) is 12.2 Å². The molecule has 25 heteroatoms. The van der Waals surface area contributed by atoms with Crippen LogP contribution in [0.25, 0.3) is 0 Å². The lowest BCUT2D eigenvalue weighted by atomic mass is 9.87. The third kappa shape index (κ3) is 16.9. The number of aliphatic hydroxyl groups is 2. The lowest BCUT2D eigenvalue weighted by Crippen LogP contribution is -2.71. The lowest BCUT2D eigenvalue weighted by Gasteiger charge is -2.51. The van der Waals surface area contributed by atoms with Gasteiger partial charge in [0.25, 0.3) is 5.79 Å². The maximum absolute atomic E-state index is 14.2. The molecule has 0 aliphatic carbocycles. The first-order valence-corrected chi connectivity index (χ1v) is 24.5. The zero-order valence-electron chi connectivity index (χ0n) is 36.3. The number of nitrogens with one attached hydrogen (secondary N) is 1. The Labute approximate surface area is 384 Å². The summed E-state index contributed by atoms with van der Waals surface area (Å²) in [5, 5.41) is 26.0. The van der Waals surface area contributed by atoms with Crippen LogP contribution in [0.5, 0.6) is 0 Å². The summed E-state index contributed by atoms with van der Waals surface area (Å²) in [5.41, 5.74) is 0.161.